The van der Waals surface area contributed by atoms with Gasteiger partial charge in [-0.05, 0) is 12.1 Å². The first-order valence-corrected chi connectivity index (χ1v) is 6.41. The van der Waals surface area contributed by atoms with E-state index >= 15 is 0 Å². The minimum atomic E-state index is -0.809. The highest BCUT2D eigenvalue weighted by Crippen LogP contribution is 2.40. The second kappa shape index (κ2) is 3.95. The highest BCUT2D eigenvalue weighted by molar-refractivity contribution is 6.17. The number of hydrogen-bond donors (Lipinski definition) is 3. The van der Waals surface area contributed by atoms with Crippen molar-refractivity contribution in [1.29, 1.82) is 0 Å². The lowest BCUT2D eigenvalue weighted by Gasteiger charge is -2.07. The fourth-order valence-electron chi connectivity index (χ4n) is 2.74. The van der Waals surface area contributed by atoms with Crippen molar-refractivity contribution in [1.82, 2.24) is 4.98 Å². The highest BCUT2D eigenvalue weighted by atomic mass is 16.3. The number of benzene rings is 2. The lowest BCUT2D eigenvalue weighted by molar-refractivity contribution is 0.252. The van der Waals surface area contributed by atoms with Crippen molar-refractivity contribution in [2.45, 2.75) is 6.10 Å². The van der Waals surface area contributed by atoms with E-state index in [4.69, 9.17) is 0 Å². The largest absolute Gasteiger partial charge is 0.494 e. The lowest BCUT2D eigenvalue weighted by Crippen LogP contribution is -2.08. The topological polar surface area (TPSA) is 68.6 Å². The molecule has 1 atom stereocenters. The lowest BCUT2D eigenvalue weighted by atomic mass is 10.0. The van der Waals surface area contributed by atoms with Crippen LogP contribution >= 0.6 is 0 Å². The summed E-state index contributed by atoms with van der Waals surface area (Å²) in [6.45, 7) is 0. The molecule has 2 aromatic carbocycles. The summed E-state index contributed by atoms with van der Waals surface area (Å²) in [5.41, 5.74) is 3.41. The number of aromatic hydroxyl groups is 1. The van der Waals surface area contributed by atoms with Gasteiger partial charge in [0.2, 0.25) is 0 Å². The Morgan fingerprint density at radius 1 is 1.00 bits per heavy atom. The van der Waals surface area contributed by atoms with E-state index in [1.54, 1.807) is 0 Å². The number of aromatic amines is 1. The van der Waals surface area contributed by atoms with Gasteiger partial charge in [-0.2, -0.15) is 0 Å². The van der Waals surface area contributed by atoms with Gasteiger partial charge in [0.1, 0.15) is 6.10 Å². The van der Waals surface area contributed by atoms with Crippen LogP contribution in [-0.2, 0) is 0 Å². The van der Waals surface area contributed by atoms with E-state index in [2.05, 4.69) is 9.98 Å². The van der Waals surface area contributed by atoms with Crippen molar-refractivity contribution < 1.29 is 10.2 Å². The van der Waals surface area contributed by atoms with E-state index < -0.39 is 6.10 Å². The number of aliphatic imine (C=N–C) groups is 1. The van der Waals surface area contributed by atoms with Crippen molar-refractivity contribution in [3.05, 3.63) is 59.7 Å². The third-order valence-electron chi connectivity index (χ3n) is 3.67. The third-order valence-corrected chi connectivity index (χ3v) is 3.67. The molecule has 1 aliphatic heterocycles. The third kappa shape index (κ3) is 1.42. The minimum Gasteiger partial charge on any atom is -0.494 e. The molecule has 2 heterocycles. The molecule has 0 spiro atoms. The van der Waals surface area contributed by atoms with Crippen LogP contribution < -0.4 is 0 Å². The number of fused-ring (bicyclic) bond motifs is 2. The first-order valence-electron chi connectivity index (χ1n) is 6.41. The van der Waals surface area contributed by atoms with Gasteiger partial charge < -0.3 is 15.2 Å². The summed E-state index contributed by atoms with van der Waals surface area (Å²) in [7, 11) is 0. The normalized spacial score (nSPS) is 17.2. The first kappa shape index (κ1) is 11.3. The number of nitrogens with one attached hydrogen (secondary N) is 1. The highest BCUT2D eigenvalue weighted by Gasteiger charge is 2.29. The van der Waals surface area contributed by atoms with Crippen LogP contribution in [0.3, 0.4) is 0 Å². The maximum atomic E-state index is 10.4. The Morgan fingerprint density at radius 2 is 1.75 bits per heavy atom. The Balaban J connectivity index is 1.96. The summed E-state index contributed by atoms with van der Waals surface area (Å²) in [6.07, 6.45) is -0.809. The second-order valence-electron chi connectivity index (χ2n) is 4.85. The molecule has 3 N–H and O–H groups in total. The van der Waals surface area contributed by atoms with Crippen LogP contribution in [-0.4, -0.2) is 20.9 Å². The molecule has 3 aromatic rings. The SMILES string of the molecule is Oc1[nH]c2ccccc2c1C1=Nc2ccccc2C1O. The van der Waals surface area contributed by atoms with Gasteiger partial charge in [0.25, 0.3) is 0 Å². The molecule has 1 aliphatic rings. The second-order valence-corrected chi connectivity index (χ2v) is 4.85. The Morgan fingerprint density at radius 3 is 2.60 bits per heavy atom. The smallest absolute Gasteiger partial charge is 0.198 e. The summed E-state index contributed by atoms with van der Waals surface area (Å²) in [4.78, 5) is 7.39. The van der Waals surface area contributed by atoms with Crippen LogP contribution in [0.25, 0.3) is 10.9 Å². The number of rotatable bonds is 1. The molecule has 4 nitrogen and oxygen atoms in total. The zero-order valence-corrected chi connectivity index (χ0v) is 10.5. The van der Waals surface area contributed by atoms with E-state index in [0.717, 1.165) is 22.2 Å². The van der Waals surface area contributed by atoms with Gasteiger partial charge >= 0.3 is 0 Å². The van der Waals surface area contributed by atoms with Gasteiger partial charge in [-0.15, -0.1) is 0 Å². The van der Waals surface area contributed by atoms with Crippen LogP contribution in [0.1, 0.15) is 17.2 Å². The van der Waals surface area contributed by atoms with E-state index in [0.29, 0.717) is 11.3 Å². The zero-order valence-electron chi connectivity index (χ0n) is 10.5. The first-order chi connectivity index (χ1) is 9.75. The van der Waals surface area contributed by atoms with Crippen LogP contribution in [0.5, 0.6) is 5.88 Å². The van der Waals surface area contributed by atoms with Gasteiger partial charge in [-0.25, -0.2) is 4.99 Å². The molecule has 1 unspecified atom stereocenters. The summed E-state index contributed by atoms with van der Waals surface area (Å²) < 4.78 is 0. The molecular weight excluding hydrogens is 252 g/mol. The number of aromatic nitrogens is 1. The van der Waals surface area contributed by atoms with Crippen LogP contribution in [0, 0.1) is 0 Å². The molecule has 1 aromatic heterocycles. The molecule has 0 fully saturated rings. The molecule has 4 rings (SSSR count). The quantitative estimate of drug-likeness (QED) is 0.632. The minimum absolute atomic E-state index is 0.0387. The van der Waals surface area contributed by atoms with Crippen LogP contribution in [0.15, 0.2) is 53.5 Å². The van der Waals surface area contributed by atoms with Crippen molar-refractivity contribution in [3.8, 4) is 5.88 Å². The molecule has 20 heavy (non-hydrogen) atoms. The van der Waals surface area contributed by atoms with Crippen LogP contribution in [0.2, 0.25) is 0 Å². The van der Waals surface area contributed by atoms with Gasteiger partial charge in [0.15, 0.2) is 5.88 Å². The summed E-state index contributed by atoms with van der Waals surface area (Å²) in [5, 5.41) is 21.4. The number of para-hydroxylation sites is 2. The van der Waals surface area contributed by atoms with E-state index in [9.17, 15) is 10.2 Å². The van der Waals surface area contributed by atoms with Crippen molar-refractivity contribution in [3.63, 3.8) is 0 Å². The Hall–Kier alpha value is -2.59. The van der Waals surface area contributed by atoms with Gasteiger partial charge in [0, 0.05) is 16.5 Å². The maximum Gasteiger partial charge on any atom is 0.198 e. The molecule has 0 saturated carbocycles. The number of H-pyrrole nitrogens is 1. The van der Waals surface area contributed by atoms with E-state index in [-0.39, 0.29) is 5.88 Å². The molecule has 4 heteroatoms. The Kier molecular flexibility index (Phi) is 2.22. The van der Waals surface area contributed by atoms with Crippen molar-refractivity contribution in [2.75, 3.05) is 0 Å². The summed E-state index contributed by atoms with van der Waals surface area (Å²) >= 11 is 0. The number of nitrogens with zero attached hydrogens (tertiary/aromatic N) is 1. The standard InChI is InChI=1S/C16H12N2O2/c19-15-10-6-2-4-8-12(10)17-14(15)13-9-5-1-3-7-11(9)18-16(13)20/h1-8,15,18-20H. The fourth-order valence-corrected chi connectivity index (χ4v) is 2.74. The number of hydrogen-bond acceptors (Lipinski definition) is 3. The zero-order chi connectivity index (χ0) is 13.7. The molecule has 0 radical (unpaired) electrons. The van der Waals surface area contributed by atoms with Gasteiger partial charge in [0.05, 0.1) is 17.0 Å². The van der Waals surface area contributed by atoms with Gasteiger partial charge in [-0.3, -0.25) is 0 Å². The number of aliphatic hydroxyl groups is 1. The van der Waals surface area contributed by atoms with E-state index in [1.165, 1.54) is 0 Å². The predicted molar refractivity (Wildman–Crippen MR) is 77.6 cm³/mol. The van der Waals surface area contributed by atoms with Crippen LogP contribution in [0.4, 0.5) is 5.69 Å². The van der Waals surface area contributed by atoms with Gasteiger partial charge in [-0.1, -0.05) is 36.4 Å². The maximum absolute atomic E-state index is 10.4. The average Bonchev–Trinajstić information content (AvgIpc) is 2.96. The molecule has 0 aliphatic carbocycles. The number of aliphatic hydroxyl groups excluding tert-OH is 1. The molecule has 0 saturated heterocycles. The fraction of sp³-hybridized carbons (Fsp3) is 0.0625. The molecule has 0 bridgehead atoms. The molecule has 0 amide bonds. The summed E-state index contributed by atoms with van der Waals surface area (Å²) in [6, 6.07) is 15.0. The van der Waals surface area contributed by atoms with Crippen molar-refractivity contribution in [2.24, 2.45) is 4.99 Å². The molecular formula is C16H12N2O2. The Labute approximate surface area is 115 Å². The molecule has 98 valence electrons. The van der Waals surface area contributed by atoms with Crippen molar-refractivity contribution >= 4 is 22.3 Å². The Bertz CT molecular complexity index is 849. The average molecular weight is 264 g/mol. The van der Waals surface area contributed by atoms with E-state index in [1.807, 2.05) is 48.5 Å². The summed E-state index contributed by atoms with van der Waals surface area (Å²) in [5.74, 6) is 0.0387. The predicted octanol–water partition coefficient (Wildman–Crippen LogP) is 3.04. The monoisotopic (exact) mass is 264 g/mol.